The van der Waals surface area contributed by atoms with Gasteiger partial charge in [-0.3, -0.25) is 25.0 Å². The minimum Gasteiger partial charge on any atom is -0.469 e. The van der Waals surface area contributed by atoms with Crippen molar-refractivity contribution < 1.29 is 24.5 Å². The third-order valence-corrected chi connectivity index (χ3v) is 2.15. The SMILES string of the molecule is O=C(NC(C(=O)O)([N+](=O)[O-])[N+](=O)[O-])c1ccccc1. The van der Waals surface area contributed by atoms with Gasteiger partial charge in [0.05, 0.1) is 0 Å². The molecule has 10 nitrogen and oxygen atoms in total. The summed E-state index contributed by atoms with van der Waals surface area (Å²) in [6, 6.07) is 6.82. The first-order valence-corrected chi connectivity index (χ1v) is 4.72. The van der Waals surface area contributed by atoms with Crippen LogP contribution in [0.2, 0.25) is 0 Å². The van der Waals surface area contributed by atoms with Crippen molar-refractivity contribution in [3.8, 4) is 0 Å². The molecule has 0 spiro atoms. The zero-order valence-electron chi connectivity index (χ0n) is 9.18. The molecule has 0 radical (unpaired) electrons. The molecule has 1 aromatic rings. The summed E-state index contributed by atoms with van der Waals surface area (Å²) in [5.41, 5.74) is -0.142. The highest BCUT2D eigenvalue weighted by molar-refractivity contribution is 5.96. The average molecular weight is 269 g/mol. The van der Waals surface area contributed by atoms with Crippen LogP contribution in [0.5, 0.6) is 0 Å². The van der Waals surface area contributed by atoms with Crippen LogP contribution in [0.15, 0.2) is 30.3 Å². The van der Waals surface area contributed by atoms with Crippen molar-refractivity contribution in [3.05, 3.63) is 56.1 Å². The second-order valence-corrected chi connectivity index (χ2v) is 3.31. The van der Waals surface area contributed by atoms with Gasteiger partial charge in [-0.15, -0.1) is 0 Å². The van der Waals surface area contributed by atoms with Crippen LogP contribution in [0.25, 0.3) is 0 Å². The number of nitrogens with zero attached hydrogens (tertiary/aromatic N) is 2. The van der Waals surface area contributed by atoms with E-state index in [0.717, 1.165) is 0 Å². The Morgan fingerprint density at radius 1 is 1.11 bits per heavy atom. The fraction of sp³-hybridized carbons (Fsp3) is 0.111. The molecular formula is C9H7N3O7. The number of carboxylic acid groups (broad SMARTS) is 1. The van der Waals surface area contributed by atoms with E-state index < -0.39 is 27.5 Å². The lowest BCUT2D eigenvalue weighted by atomic mass is 10.2. The van der Waals surface area contributed by atoms with E-state index >= 15 is 0 Å². The van der Waals surface area contributed by atoms with Gasteiger partial charge in [0.1, 0.15) is 9.85 Å². The standard InChI is InChI=1S/C9H7N3O7/c13-7(6-4-2-1-3-5-6)10-9(8(14)15,11(16)17)12(18)19/h1-5H,(H,10,13)(H,14,15). The first-order valence-electron chi connectivity index (χ1n) is 4.72. The number of rotatable bonds is 5. The van der Waals surface area contributed by atoms with Gasteiger partial charge in [-0.25, -0.2) is 10.1 Å². The molecule has 1 amide bonds. The van der Waals surface area contributed by atoms with Crippen LogP contribution < -0.4 is 5.32 Å². The maximum atomic E-state index is 11.6. The third-order valence-electron chi connectivity index (χ3n) is 2.15. The van der Waals surface area contributed by atoms with Crippen molar-refractivity contribution in [3.63, 3.8) is 0 Å². The number of benzene rings is 1. The van der Waals surface area contributed by atoms with Gasteiger partial charge in [0.15, 0.2) is 0 Å². The lowest BCUT2D eigenvalue weighted by molar-refractivity contribution is -0.782. The molecular weight excluding hydrogens is 262 g/mol. The highest BCUT2D eigenvalue weighted by Crippen LogP contribution is 2.10. The number of carbonyl (C=O) groups excluding carboxylic acids is 1. The molecule has 0 aromatic heterocycles. The number of nitro groups is 2. The lowest BCUT2D eigenvalue weighted by Crippen LogP contribution is -2.65. The molecule has 1 aromatic carbocycles. The summed E-state index contributed by atoms with van der Waals surface area (Å²) in [5.74, 6) is -7.45. The first kappa shape index (κ1) is 14.0. The minimum absolute atomic E-state index is 0.142. The summed E-state index contributed by atoms with van der Waals surface area (Å²) >= 11 is 0. The van der Waals surface area contributed by atoms with E-state index in [1.165, 1.54) is 29.6 Å². The molecule has 0 atom stereocenters. The monoisotopic (exact) mass is 269 g/mol. The highest BCUT2D eigenvalue weighted by atomic mass is 16.7. The van der Waals surface area contributed by atoms with Crippen LogP contribution in [-0.4, -0.2) is 32.6 Å². The van der Waals surface area contributed by atoms with Gasteiger partial charge in [-0.05, 0) is 12.1 Å². The van der Waals surface area contributed by atoms with E-state index in [0.29, 0.717) is 0 Å². The number of aliphatic carboxylic acids is 1. The largest absolute Gasteiger partial charge is 0.642 e. The van der Waals surface area contributed by atoms with E-state index in [2.05, 4.69) is 0 Å². The zero-order valence-corrected chi connectivity index (χ0v) is 9.18. The molecule has 10 heteroatoms. The molecule has 0 aliphatic heterocycles. The predicted molar refractivity (Wildman–Crippen MR) is 58.3 cm³/mol. The summed E-state index contributed by atoms with van der Waals surface area (Å²) in [6.07, 6.45) is 0. The highest BCUT2D eigenvalue weighted by Gasteiger charge is 2.67. The average Bonchev–Trinajstić information content (AvgIpc) is 2.35. The summed E-state index contributed by atoms with van der Waals surface area (Å²) in [6.45, 7) is 0. The molecule has 0 aliphatic rings. The fourth-order valence-corrected chi connectivity index (χ4v) is 1.19. The smallest absolute Gasteiger partial charge is 0.469 e. The Kier molecular flexibility index (Phi) is 3.75. The Hall–Kier alpha value is -3.04. The molecule has 0 saturated heterocycles. The number of nitrogens with one attached hydrogen (secondary N) is 1. The van der Waals surface area contributed by atoms with Crippen LogP contribution in [0.3, 0.4) is 0 Å². The Morgan fingerprint density at radius 2 is 1.58 bits per heavy atom. The van der Waals surface area contributed by atoms with Crippen LogP contribution in [0.1, 0.15) is 10.4 Å². The Bertz CT molecular complexity index is 506. The lowest BCUT2D eigenvalue weighted by Gasteiger charge is -2.13. The van der Waals surface area contributed by atoms with Crippen LogP contribution >= 0.6 is 0 Å². The normalized spacial score (nSPS) is 10.5. The van der Waals surface area contributed by atoms with Crippen LogP contribution in [0.4, 0.5) is 0 Å². The van der Waals surface area contributed by atoms with Gasteiger partial charge in [0, 0.05) is 5.56 Å². The Balaban J connectivity index is 3.16. The number of hydrogen-bond acceptors (Lipinski definition) is 6. The molecule has 0 aliphatic carbocycles. The molecule has 1 rings (SSSR count). The van der Waals surface area contributed by atoms with E-state index in [1.807, 2.05) is 0 Å². The molecule has 0 unspecified atom stereocenters. The van der Waals surface area contributed by atoms with Gasteiger partial charge < -0.3 is 5.11 Å². The van der Waals surface area contributed by atoms with Crippen molar-refractivity contribution in [2.24, 2.45) is 0 Å². The maximum absolute atomic E-state index is 11.6. The van der Waals surface area contributed by atoms with Crippen molar-refractivity contribution >= 4 is 11.9 Å². The van der Waals surface area contributed by atoms with E-state index in [9.17, 15) is 29.8 Å². The van der Waals surface area contributed by atoms with Gasteiger partial charge >= 0.3 is 11.8 Å². The summed E-state index contributed by atoms with van der Waals surface area (Å²) in [7, 11) is 0. The van der Waals surface area contributed by atoms with Crippen molar-refractivity contribution in [2.75, 3.05) is 0 Å². The number of carboxylic acids is 1. The first-order chi connectivity index (χ1) is 8.82. The Morgan fingerprint density at radius 3 is 1.95 bits per heavy atom. The second-order valence-electron chi connectivity index (χ2n) is 3.31. The van der Waals surface area contributed by atoms with Gasteiger partial charge in [-0.1, -0.05) is 18.2 Å². The van der Waals surface area contributed by atoms with Gasteiger partial charge in [0.25, 0.3) is 5.91 Å². The molecule has 100 valence electrons. The van der Waals surface area contributed by atoms with Crippen molar-refractivity contribution in [1.82, 2.24) is 5.32 Å². The van der Waals surface area contributed by atoms with Gasteiger partial charge in [-0.2, -0.15) is 0 Å². The van der Waals surface area contributed by atoms with E-state index in [4.69, 9.17) is 5.11 Å². The number of hydrogen-bond donors (Lipinski definition) is 2. The van der Waals surface area contributed by atoms with Crippen LogP contribution in [-0.2, 0) is 4.79 Å². The molecule has 0 saturated carbocycles. The van der Waals surface area contributed by atoms with Crippen molar-refractivity contribution in [2.45, 2.75) is 5.79 Å². The number of amides is 1. The predicted octanol–water partition coefficient (Wildman–Crippen LogP) is -0.292. The molecule has 2 N–H and O–H groups in total. The second kappa shape index (κ2) is 5.08. The maximum Gasteiger partial charge on any atom is 0.642 e. The summed E-state index contributed by atoms with van der Waals surface area (Å²) in [5, 5.41) is 31.2. The minimum atomic E-state index is -3.81. The topological polar surface area (TPSA) is 153 Å². The molecule has 0 fully saturated rings. The molecule has 19 heavy (non-hydrogen) atoms. The van der Waals surface area contributed by atoms with E-state index in [-0.39, 0.29) is 5.56 Å². The summed E-state index contributed by atoms with van der Waals surface area (Å²) in [4.78, 5) is 40.3. The van der Waals surface area contributed by atoms with Crippen LogP contribution in [0, 0.1) is 20.2 Å². The zero-order chi connectivity index (χ0) is 14.6. The third kappa shape index (κ3) is 2.46. The molecule has 0 bridgehead atoms. The van der Waals surface area contributed by atoms with Crippen molar-refractivity contribution in [1.29, 1.82) is 0 Å². The number of carbonyl (C=O) groups is 2. The van der Waals surface area contributed by atoms with E-state index in [1.54, 1.807) is 6.07 Å². The van der Waals surface area contributed by atoms with Gasteiger partial charge in [0.2, 0.25) is 0 Å². The Labute approximate surface area is 104 Å². The quantitative estimate of drug-likeness (QED) is 0.423. The molecule has 0 heterocycles. The fourth-order valence-electron chi connectivity index (χ4n) is 1.19. The summed E-state index contributed by atoms with van der Waals surface area (Å²) < 4.78 is 0.